The molecule has 1 aliphatic rings. The number of nitriles is 1. The second kappa shape index (κ2) is 7.76. The summed E-state index contributed by atoms with van der Waals surface area (Å²) in [6.45, 7) is 1.03. The molecule has 2 amide bonds. The van der Waals surface area contributed by atoms with Crippen molar-refractivity contribution in [2.75, 3.05) is 45.2 Å². The van der Waals surface area contributed by atoms with Crippen LogP contribution in [0.4, 0.5) is 10.5 Å². The Labute approximate surface area is 165 Å². The minimum absolute atomic E-state index is 0.0924. The second-order valence-electron chi connectivity index (χ2n) is 6.51. The second-order valence-corrected chi connectivity index (χ2v) is 6.51. The Kier molecular flexibility index (Phi) is 5.38. The summed E-state index contributed by atoms with van der Waals surface area (Å²) in [5, 5.41) is 19.8. The number of nitrogens with zero attached hydrogens (tertiary/aromatic N) is 6. The third-order valence-electron chi connectivity index (χ3n) is 4.97. The molecule has 29 heavy (non-hydrogen) atoms. The first-order chi connectivity index (χ1) is 13.8. The standard InChI is InChI=1S/C18H20N6O5/c1-21-13-5-4-12(17(26)22(2)29-3)20-14(13)15(11(10-19)16(21)25)23-6-8-24(9-7-23)18(27)28/h4-5H,6-9H2,1-3H3,(H,27,28). The number of amides is 2. The number of piperazine rings is 1. The number of aryl methyl sites for hydroxylation is 1. The number of aromatic nitrogens is 2. The summed E-state index contributed by atoms with van der Waals surface area (Å²) in [6, 6.07) is 5.03. The molecular formula is C18H20N6O5. The van der Waals surface area contributed by atoms with Gasteiger partial charge in [-0.2, -0.15) is 5.26 Å². The molecule has 2 aromatic heterocycles. The van der Waals surface area contributed by atoms with Gasteiger partial charge in [0.1, 0.15) is 22.8 Å². The maximum Gasteiger partial charge on any atom is 0.407 e. The first-order valence-corrected chi connectivity index (χ1v) is 8.79. The van der Waals surface area contributed by atoms with Crippen molar-refractivity contribution in [2.24, 2.45) is 7.05 Å². The molecule has 0 spiro atoms. The van der Waals surface area contributed by atoms with Crippen LogP contribution in [0.1, 0.15) is 16.1 Å². The number of hydrogen-bond acceptors (Lipinski definition) is 7. The van der Waals surface area contributed by atoms with Crippen LogP contribution in [0.3, 0.4) is 0 Å². The van der Waals surface area contributed by atoms with Gasteiger partial charge in [-0.15, -0.1) is 0 Å². The number of pyridine rings is 2. The SMILES string of the molecule is CON(C)C(=O)c1ccc2c(n1)c(N1CCN(C(=O)O)CC1)c(C#N)c(=O)n2C. The molecule has 1 saturated heterocycles. The number of anilines is 1. The maximum atomic E-state index is 12.7. The molecule has 0 atom stereocenters. The van der Waals surface area contributed by atoms with Crippen molar-refractivity contribution in [3.63, 3.8) is 0 Å². The van der Waals surface area contributed by atoms with Crippen molar-refractivity contribution in [2.45, 2.75) is 0 Å². The molecule has 0 saturated carbocycles. The van der Waals surface area contributed by atoms with E-state index in [9.17, 15) is 19.6 Å². The van der Waals surface area contributed by atoms with Crippen LogP contribution in [0.2, 0.25) is 0 Å². The number of hydrogen-bond donors (Lipinski definition) is 1. The van der Waals surface area contributed by atoms with Gasteiger partial charge >= 0.3 is 6.09 Å². The third kappa shape index (κ3) is 3.45. The van der Waals surface area contributed by atoms with E-state index < -0.39 is 17.6 Å². The van der Waals surface area contributed by atoms with Crippen molar-refractivity contribution >= 4 is 28.7 Å². The number of fused-ring (bicyclic) bond motifs is 1. The highest BCUT2D eigenvalue weighted by atomic mass is 16.7. The van der Waals surface area contributed by atoms with Gasteiger partial charge in [-0.05, 0) is 12.1 Å². The van der Waals surface area contributed by atoms with Crippen molar-refractivity contribution in [1.29, 1.82) is 5.26 Å². The summed E-state index contributed by atoms with van der Waals surface area (Å²) in [6.07, 6.45) is -1.02. The third-order valence-corrected chi connectivity index (χ3v) is 4.97. The fourth-order valence-corrected chi connectivity index (χ4v) is 3.29. The van der Waals surface area contributed by atoms with Crippen molar-refractivity contribution < 1.29 is 19.5 Å². The van der Waals surface area contributed by atoms with Crippen LogP contribution in [-0.2, 0) is 11.9 Å². The summed E-state index contributed by atoms with van der Waals surface area (Å²) in [5.74, 6) is -0.483. The summed E-state index contributed by atoms with van der Waals surface area (Å²) in [7, 11) is 4.33. The van der Waals surface area contributed by atoms with Crippen LogP contribution in [0.5, 0.6) is 0 Å². The zero-order valence-corrected chi connectivity index (χ0v) is 16.2. The smallest absolute Gasteiger partial charge is 0.407 e. The fourth-order valence-electron chi connectivity index (χ4n) is 3.29. The van der Waals surface area contributed by atoms with Crippen molar-refractivity contribution in [1.82, 2.24) is 19.5 Å². The molecular weight excluding hydrogens is 380 g/mol. The molecule has 152 valence electrons. The molecule has 0 unspecified atom stereocenters. The summed E-state index contributed by atoms with van der Waals surface area (Å²) in [4.78, 5) is 48.7. The van der Waals surface area contributed by atoms with Gasteiger partial charge in [-0.3, -0.25) is 14.4 Å². The lowest BCUT2D eigenvalue weighted by Crippen LogP contribution is -2.49. The average Bonchev–Trinajstić information content (AvgIpc) is 2.74. The highest BCUT2D eigenvalue weighted by Gasteiger charge is 2.27. The predicted molar refractivity (Wildman–Crippen MR) is 103 cm³/mol. The normalized spacial score (nSPS) is 14.0. The Balaban J connectivity index is 2.19. The van der Waals surface area contributed by atoms with Crippen LogP contribution >= 0.6 is 0 Å². The minimum atomic E-state index is -1.02. The Morgan fingerprint density at radius 3 is 2.48 bits per heavy atom. The Morgan fingerprint density at radius 2 is 1.93 bits per heavy atom. The van der Waals surface area contributed by atoms with Gasteiger partial charge in [-0.1, -0.05) is 0 Å². The van der Waals surface area contributed by atoms with Gasteiger partial charge < -0.3 is 19.5 Å². The average molecular weight is 400 g/mol. The first-order valence-electron chi connectivity index (χ1n) is 8.79. The van der Waals surface area contributed by atoms with Crippen LogP contribution in [-0.4, -0.2) is 77.0 Å². The largest absolute Gasteiger partial charge is 0.465 e. The van der Waals surface area contributed by atoms with Crippen molar-refractivity contribution in [3.05, 3.63) is 33.7 Å². The quantitative estimate of drug-likeness (QED) is 0.725. The molecule has 1 fully saturated rings. The van der Waals surface area contributed by atoms with E-state index in [-0.39, 0.29) is 24.3 Å². The van der Waals surface area contributed by atoms with Gasteiger partial charge in [0.25, 0.3) is 11.5 Å². The van der Waals surface area contributed by atoms with E-state index >= 15 is 0 Å². The molecule has 2 aromatic rings. The number of carbonyl (C=O) groups excluding carboxylic acids is 1. The predicted octanol–water partition coefficient (Wildman–Crippen LogP) is 0.239. The molecule has 1 N–H and O–H groups in total. The summed E-state index contributed by atoms with van der Waals surface area (Å²) < 4.78 is 1.31. The maximum absolute atomic E-state index is 12.7. The molecule has 1 aliphatic heterocycles. The summed E-state index contributed by atoms with van der Waals surface area (Å²) in [5.41, 5.74) is 0.607. The van der Waals surface area contributed by atoms with E-state index in [1.54, 1.807) is 11.0 Å². The topological polar surface area (TPSA) is 132 Å². The van der Waals surface area contributed by atoms with Gasteiger partial charge in [0.2, 0.25) is 0 Å². The van der Waals surface area contributed by atoms with Crippen molar-refractivity contribution in [3.8, 4) is 6.07 Å². The fraction of sp³-hybridized carbons (Fsp3) is 0.389. The first kappa shape index (κ1) is 20.1. The Hall–Kier alpha value is -3.65. The number of hydroxylamine groups is 2. The van der Waals surface area contributed by atoms with Crippen LogP contribution < -0.4 is 10.5 Å². The van der Waals surface area contributed by atoms with E-state index in [1.165, 1.54) is 36.7 Å². The molecule has 3 heterocycles. The van der Waals surface area contributed by atoms with E-state index in [4.69, 9.17) is 9.94 Å². The van der Waals surface area contributed by atoms with Gasteiger partial charge in [0.05, 0.1) is 18.3 Å². The van der Waals surface area contributed by atoms with Crippen LogP contribution in [0.25, 0.3) is 11.0 Å². The highest BCUT2D eigenvalue weighted by molar-refractivity contribution is 5.97. The summed E-state index contributed by atoms with van der Waals surface area (Å²) >= 11 is 0. The number of carboxylic acid groups (broad SMARTS) is 1. The zero-order valence-electron chi connectivity index (χ0n) is 16.2. The van der Waals surface area contributed by atoms with Gasteiger partial charge in [-0.25, -0.2) is 14.8 Å². The Morgan fingerprint density at radius 1 is 1.28 bits per heavy atom. The highest BCUT2D eigenvalue weighted by Crippen LogP contribution is 2.28. The Bertz CT molecular complexity index is 1080. The minimum Gasteiger partial charge on any atom is -0.465 e. The molecule has 0 aliphatic carbocycles. The van der Waals surface area contributed by atoms with E-state index in [0.29, 0.717) is 29.8 Å². The lowest BCUT2D eigenvalue weighted by molar-refractivity contribution is -0.0760. The van der Waals surface area contributed by atoms with Crippen LogP contribution in [0, 0.1) is 11.3 Å². The monoisotopic (exact) mass is 400 g/mol. The lowest BCUT2D eigenvalue weighted by Gasteiger charge is -2.35. The number of carbonyl (C=O) groups is 2. The molecule has 0 aromatic carbocycles. The molecule has 0 radical (unpaired) electrons. The molecule has 11 nitrogen and oxygen atoms in total. The lowest BCUT2D eigenvalue weighted by atomic mass is 10.1. The molecule has 3 rings (SSSR count). The molecule has 11 heteroatoms. The number of rotatable bonds is 3. The van der Waals surface area contributed by atoms with Crippen LogP contribution in [0.15, 0.2) is 16.9 Å². The zero-order chi connectivity index (χ0) is 21.3. The van der Waals surface area contributed by atoms with Gasteiger partial charge in [0, 0.05) is 40.3 Å². The van der Waals surface area contributed by atoms with E-state index in [2.05, 4.69) is 4.98 Å². The molecule has 0 bridgehead atoms. The van der Waals surface area contributed by atoms with E-state index in [1.807, 2.05) is 6.07 Å². The van der Waals surface area contributed by atoms with E-state index in [0.717, 1.165) is 5.06 Å². The van der Waals surface area contributed by atoms with Gasteiger partial charge in [0.15, 0.2) is 0 Å².